The van der Waals surface area contributed by atoms with Crippen LogP contribution in [0.1, 0.15) is 24.4 Å². The lowest BCUT2D eigenvalue weighted by atomic mass is 10.1. The van der Waals surface area contributed by atoms with Gasteiger partial charge in [0, 0.05) is 26.7 Å². The summed E-state index contributed by atoms with van der Waals surface area (Å²) in [6, 6.07) is 5.32. The Kier molecular flexibility index (Phi) is 10.0. The van der Waals surface area contributed by atoms with E-state index in [4.69, 9.17) is 9.47 Å². The third-order valence-corrected chi connectivity index (χ3v) is 4.05. The van der Waals surface area contributed by atoms with E-state index in [0.717, 1.165) is 5.82 Å². The quantitative estimate of drug-likeness (QED) is 0.320. The first-order valence-electron chi connectivity index (χ1n) is 8.71. The number of aliphatic imine (C=N–C) groups is 1. The lowest BCUT2D eigenvalue weighted by Crippen LogP contribution is -2.39. The van der Waals surface area contributed by atoms with Gasteiger partial charge in [0.1, 0.15) is 23.7 Å². The van der Waals surface area contributed by atoms with E-state index in [1.807, 2.05) is 25.9 Å². The minimum Gasteiger partial charge on any atom is -0.497 e. The van der Waals surface area contributed by atoms with Crippen molar-refractivity contribution in [3.8, 4) is 11.5 Å². The highest BCUT2D eigenvalue weighted by molar-refractivity contribution is 14.0. The first-order valence-corrected chi connectivity index (χ1v) is 8.71. The van der Waals surface area contributed by atoms with Crippen LogP contribution in [0, 0.1) is 0 Å². The number of halogens is 1. The molecule has 0 amide bonds. The number of nitrogens with zero attached hydrogens (tertiary/aromatic N) is 5. The van der Waals surface area contributed by atoms with Crippen LogP contribution in [0.3, 0.4) is 0 Å². The highest BCUT2D eigenvalue weighted by atomic mass is 127. The van der Waals surface area contributed by atoms with Crippen molar-refractivity contribution in [2.24, 2.45) is 12.0 Å². The molecule has 28 heavy (non-hydrogen) atoms. The van der Waals surface area contributed by atoms with Crippen LogP contribution in [0.5, 0.6) is 11.5 Å². The summed E-state index contributed by atoms with van der Waals surface area (Å²) in [4.78, 5) is 10.7. The molecule has 1 aromatic heterocycles. The monoisotopic (exact) mass is 504 g/mol. The van der Waals surface area contributed by atoms with Crippen molar-refractivity contribution in [3.63, 3.8) is 0 Å². The second-order valence-electron chi connectivity index (χ2n) is 6.01. The molecule has 0 radical (unpaired) electrons. The Labute approximate surface area is 182 Å². The molecule has 1 atom stereocenters. The standard InChI is InChI=1S/C18H28N6O3.HI/c1-6-19-18(23(2)11-17-21-12-22-24(17)3)20-10-16(25)13-7-14(26-4)9-15(8-13)27-5;/h7-9,12,16,25H,6,10-11H2,1-5H3,(H,19,20);1H. The molecule has 10 heteroatoms. The molecular weight excluding hydrogens is 475 g/mol. The van der Waals surface area contributed by atoms with E-state index in [1.165, 1.54) is 6.33 Å². The number of hydrogen-bond acceptors (Lipinski definition) is 6. The molecular formula is C18H29IN6O3. The fourth-order valence-electron chi connectivity index (χ4n) is 2.52. The van der Waals surface area contributed by atoms with Crippen molar-refractivity contribution >= 4 is 29.9 Å². The van der Waals surface area contributed by atoms with E-state index in [2.05, 4.69) is 20.4 Å². The number of aromatic nitrogens is 3. The SMILES string of the molecule is CCNC(=NCC(O)c1cc(OC)cc(OC)c1)N(C)Cc1ncnn1C.I. The van der Waals surface area contributed by atoms with Gasteiger partial charge < -0.3 is 24.8 Å². The van der Waals surface area contributed by atoms with Crippen LogP contribution in [0.2, 0.25) is 0 Å². The Morgan fingerprint density at radius 2 is 1.93 bits per heavy atom. The summed E-state index contributed by atoms with van der Waals surface area (Å²) in [5.74, 6) is 2.74. The van der Waals surface area contributed by atoms with Gasteiger partial charge in [0.2, 0.25) is 0 Å². The molecule has 0 aliphatic carbocycles. The van der Waals surface area contributed by atoms with E-state index in [-0.39, 0.29) is 30.5 Å². The zero-order chi connectivity index (χ0) is 19.8. The van der Waals surface area contributed by atoms with E-state index < -0.39 is 6.10 Å². The first-order chi connectivity index (χ1) is 13.0. The van der Waals surface area contributed by atoms with Crippen LogP contribution in [-0.4, -0.2) is 65.1 Å². The van der Waals surface area contributed by atoms with Gasteiger partial charge in [0.15, 0.2) is 5.96 Å². The molecule has 0 spiro atoms. The van der Waals surface area contributed by atoms with Gasteiger partial charge in [-0.2, -0.15) is 5.10 Å². The molecule has 1 aromatic carbocycles. The number of guanidine groups is 1. The van der Waals surface area contributed by atoms with Crippen LogP contribution < -0.4 is 14.8 Å². The zero-order valence-corrected chi connectivity index (χ0v) is 19.2. The van der Waals surface area contributed by atoms with Crippen molar-refractivity contribution in [3.05, 3.63) is 35.9 Å². The van der Waals surface area contributed by atoms with Crippen LogP contribution in [0.15, 0.2) is 29.5 Å². The number of rotatable bonds is 8. The van der Waals surface area contributed by atoms with Crippen molar-refractivity contribution in [1.82, 2.24) is 25.0 Å². The Bertz CT molecular complexity index is 745. The van der Waals surface area contributed by atoms with Crippen molar-refractivity contribution in [1.29, 1.82) is 0 Å². The molecule has 0 aliphatic heterocycles. The third kappa shape index (κ3) is 6.51. The summed E-state index contributed by atoms with van der Waals surface area (Å²) in [7, 11) is 6.92. The molecule has 9 nitrogen and oxygen atoms in total. The fraction of sp³-hybridized carbons (Fsp3) is 0.500. The number of methoxy groups -OCH3 is 2. The van der Waals surface area contributed by atoms with E-state index in [1.54, 1.807) is 37.1 Å². The zero-order valence-electron chi connectivity index (χ0n) is 16.9. The summed E-state index contributed by atoms with van der Waals surface area (Å²) in [6.07, 6.45) is 0.735. The minimum atomic E-state index is -0.786. The topological polar surface area (TPSA) is 97.0 Å². The second kappa shape index (κ2) is 11.7. The first kappa shape index (κ1) is 24.0. The highest BCUT2D eigenvalue weighted by Crippen LogP contribution is 2.26. The van der Waals surface area contributed by atoms with Crippen LogP contribution in [0.25, 0.3) is 0 Å². The molecule has 0 bridgehead atoms. The van der Waals surface area contributed by atoms with Crippen LogP contribution >= 0.6 is 24.0 Å². The van der Waals surface area contributed by atoms with E-state index in [9.17, 15) is 5.11 Å². The fourth-order valence-corrected chi connectivity index (χ4v) is 2.52. The van der Waals surface area contributed by atoms with E-state index in [0.29, 0.717) is 36.1 Å². The number of ether oxygens (including phenoxy) is 2. The number of nitrogens with one attached hydrogen (secondary N) is 1. The molecule has 0 saturated heterocycles. The summed E-state index contributed by atoms with van der Waals surface area (Å²) in [6.45, 7) is 3.45. The molecule has 2 aromatic rings. The number of benzene rings is 1. The number of aliphatic hydroxyl groups excluding tert-OH is 1. The summed E-state index contributed by atoms with van der Waals surface area (Å²) >= 11 is 0. The van der Waals surface area contributed by atoms with Gasteiger partial charge in [0.05, 0.1) is 33.4 Å². The molecule has 0 saturated carbocycles. The third-order valence-electron chi connectivity index (χ3n) is 4.05. The molecule has 0 fully saturated rings. The van der Waals surface area contributed by atoms with Crippen molar-refractivity contribution < 1.29 is 14.6 Å². The summed E-state index contributed by atoms with van der Waals surface area (Å²) in [5, 5.41) is 17.9. The van der Waals surface area contributed by atoms with Gasteiger partial charge >= 0.3 is 0 Å². The van der Waals surface area contributed by atoms with Gasteiger partial charge in [-0.3, -0.25) is 9.67 Å². The predicted molar refractivity (Wildman–Crippen MR) is 118 cm³/mol. The Balaban J connectivity index is 0.00000392. The maximum atomic E-state index is 10.6. The molecule has 2 N–H and O–H groups in total. The van der Waals surface area contributed by atoms with Crippen LogP contribution in [0.4, 0.5) is 0 Å². The van der Waals surface area contributed by atoms with Gasteiger partial charge in [-0.05, 0) is 24.6 Å². The van der Waals surface area contributed by atoms with Gasteiger partial charge in [-0.1, -0.05) is 0 Å². The van der Waals surface area contributed by atoms with Crippen molar-refractivity contribution in [2.45, 2.75) is 19.6 Å². The molecule has 156 valence electrons. The highest BCUT2D eigenvalue weighted by Gasteiger charge is 2.14. The van der Waals surface area contributed by atoms with Crippen LogP contribution in [-0.2, 0) is 13.6 Å². The average Bonchev–Trinajstić information content (AvgIpc) is 3.08. The Morgan fingerprint density at radius 1 is 1.29 bits per heavy atom. The second-order valence-corrected chi connectivity index (χ2v) is 6.01. The maximum absolute atomic E-state index is 10.6. The normalized spacial score (nSPS) is 12.1. The molecule has 0 aliphatic rings. The number of aliphatic hydroxyl groups is 1. The number of hydrogen-bond donors (Lipinski definition) is 2. The lowest BCUT2D eigenvalue weighted by Gasteiger charge is -2.22. The minimum absolute atomic E-state index is 0. The Hall–Kier alpha value is -2.08. The lowest BCUT2D eigenvalue weighted by molar-refractivity contribution is 0.185. The predicted octanol–water partition coefficient (Wildman–Crippen LogP) is 1.58. The molecule has 1 heterocycles. The summed E-state index contributed by atoms with van der Waals surface area (Å²) in [5.41, 5.74) is 0.682. The largest absolute Gasteiger partial charge is 0.497 e. The van der Waals surface area contributed by atoms with Gasteiger partial charge in [-0.15, -0.1) is 24.0 Å². The smallest absolute Gasteiger partial charge is 0.194 e. The van der Waals surface area contributed by atoms with E-state index >= 15 is 0 Å². The molecule has 2 rings (SSSR count). The Morgan fingerprint density at radius 3 is 2.43 bits per heavy atom. The summed E-state index contributed by atoms with van der Waals surface area (Å²) < 4.78 is 12.2. The average molecular weight is 504 g/mol. The maximum Gasteiger partial charge on any atom is 0.194 e. The van der Waals surface area contributed by atoms with Gasteiger partial charge in [-0.25, -0.2) is 4.98 Å². The number of aryl methyl sites for hydroxylation is 1. The molecule has 1 unspecified atom stereocenters. The van der Waals surface area contributed by atoms with Crippen molar-refractivity contribution in [2.75, 3.05) is 34.4 Å². The van der Waals surface area contributed by atoms with Gasteiger partial charge in [0.25, 0.3) is 0 Å².